The van der Waals surface area contributed by atoms with Crippen LogP contribution in [0.15, 0.2) is 18.2 Å². The van der Waals surface area contributed by atoms with Gasteiger partial charge in [0.2, 0.25) is 0 Å². The number of methoxy groups -OCH3 is 1. The molecular weight excluding hydrogens is 412 g/mol. The molecule has 0 aliphatic carbocycles. The molecule has 6 heteroatoms. The van der Waals surface area contributed by atoms with Crippen LogP contribution >= 0.6 is 0 Å². The summed E-state index contributed by atoms with van der Waals surface area (Å²) in [6, 6.07) is 6.00. The second-order valence-electron chi connectivity index (χ2n) is 3.75. The van der Waals surface area contributed by atoms with Gasteiger partial charge >= 0.3 is 105 Å². The molecule has 1 aromatic heterocycles. The van der Waals surface area contributed by atoms with E-state index >= 15 is 0 Å². The van der Waals surface area contributed by atoms with Crippen LogP contribution in [0.5, 0.6) is 5.75 Å². The third-order valence-electron chi connectivity index (χ3n) is 2.64. The summed E-state index contributed by atoms with van der Waals surface area (Å²) in [7, 11) is 1.64. The maximum Gasteiger partial charge on any atom is -1.00 e. The van der Waals surface area contributed by atoms with Crippen LogP contribution in [-0.4, -0.2) is 32.7 Å². The number of aliphatic carboxylic acids is 1. The molecular formula is C12H14INO3Se. The van der Waals surface area contributed by atoms with Crippen molar-refractivity contribution in [1.29, 1.82) is 0 Å². The number of fused-ring (bicyclic) bond motifs is 1. The molecule has 0 aliphatic heterocycles. The van der Waals surface area contributed by atoms with Crippen LogP contribution in [0, 0.1) is 6.92 Å². The number of halogens is 1. The summed E-state index contributed by atoms with van der Waals surface area (Å²) in [5.74, 6) is 0.0521. The largest absolute Gasteiger partial charge is 1.00 e. The van der Waals surface area contributed by atoms with Gasteiger partial charge in [-0.2, -0.15) is 0 Å². The van der Waals surface area contributed by atoms with Crippen molar-refractivity contribution in [2.45, 2.75) is 19.9 Å². The van der Waals surface area contributed by atoms with Gasteiger partial charge in [-0.05, 0) is 0 Å². The standard InChI is InChI=1S/C12H13NO3Se.HI/c1-8-13(6-5-12(14)15)10-7-9(16-2)3-4-11(10)17-8;/h3-4,7H,5-6H2,1-2H3;1H. The van der Waals surface area contributed by atoms with Gasteiger partial charge in [-0.25, -0.2) is 0 Å². The Bertz CT molecular complexity index is 568. The van der Waals surface area contributed by atoms with Gasteiger partial charge in [0, 0.05) is 0 Å². The zero-order valence-corrected chi connectivity index (χ0v) is 14.0. The summed E-state index contributed by atoms with van der Waals surface area (Å²) in [4.78, 5) is 10.6. The van der Waals surface area contributed by atoms with Gasteiger partial charge < -0.3 is 24.0 Å². The molecule has 1 heterocycles. The van der Waals surface area contributed by atoms with Crippen LogP contribution in [0.2, 0.25) is 0 Å². The molecule has 0 spiro atoms. The molecule has 0 amide bonds. The molecule has 0 saturated heterocycles. The van der Waals surface area contributed by atoms with Crippen molar-refractivity contribution in [3.8, 4) is 5.75 Å². The molecule has 1 N–H and O–H groups in total. The molecule has 0 unspecified atom stereocenters. The van der Waals surface area contributed by atoms with Crippen LogP contribution in [0.1, 0.15) is 11.0 Å². The van der Waals surface area contributed by atoms with Crippen molar-refractivity contribution in [2.75, 3.05) is 7.11 Å². The van der Waals surface area contributed by atoms with E-state index < -0.39 is 5.97 Å². The fraction of sp³-hybridized carbons (Fsp3) is 0.333. The predicted molar refractivity (Wildman–Crippen MR) is 64.6 cm³/mol. The van der Waals surface area contributed by atoms with E-state index in [2.05, 4.69) is 17.6 Å². The van der Waals surface area contributed by atoms with Crippen molar-refractivity contribution < 1.29 is 43.2 Å². The molecule has 0 aliphatic rings. The number of hydrogen-bond donors (Lipinski definition) is 1. The second-order valence-corrected chi connectivity index (χ2v) is 6.34. The number of rotatable bonds is 4. The number of carboxylic acids is 1. The summed E-state index contributed by atoms with van der Waals surface area (Å²) < 4.78 is 9.84. The fourth-order valence-electron chi connectivity index (χ4n) is 1.79. The van der Waals surface area contributed by atoms with E-state index in [9.17, 15) is 4.79 Å². The quantitative estimate of drug-likeness (QED) is 0.349. The molecule has 2 rings (SSSR count). The molecule has 2 aromatic rings. The first-order valence-corrected chi connectivity index (χ1v) is 7.02. The minimum absolute atomic E-state index is 0. The molecule has 0 atom stereocenters. The van der Waals surface area contributed by atoms with E-state index in [4.69, 9.17) is 9.84 Å². The molecule has 0 saturated carbocycles. The Hall–Kier alpha value is -0.591. The Morgan fingerprint density at radius 1 is 1.50 bits per heavy atom. The van der Waals surface area contributed by atoms with Crippen LogP contribution in [0.3, 0.4) is 0 Å². The minimum Gasteiger partial charge on any atom is -1.00 e. The number of nitrogens with zero attached hydrogens (tertiary/aromatic N) is 1. The van der Waals surface area contributed by atoms with E-state index in [-0.39, 0.29) is 30.4 Å². The third-order valence-corrected chi connectivity index (χ3v) is 4.91. The SMILES string of the molecule is COc1ccc2[se]c(C)[n+](CCC(=O)O)c2c1.[I-]. The zero-order valence-electron chi connectivity index (χ0n) is 10.1. The topological polar surface area (TPSA) is 50.4 Å². The minimum atomic E-state index is -0.762. The smallest absolute Gasteiger partial charge is 1.00 e. The Morgan fingerprint density at radius 3 is 2.83 bits per heavy atom. The second kappa shape index (κ2) is 6.54. The zero-order chi connectivity index (χ0) is 12.4. The molecule has 4 nitrogen and oxygen atoms in total. The number of carbonyl (C=O) groups is 1. The summed E-state index contributed by atoms with van der Waals surface area (Å²) in [5, 5.41) is 8.75. The van der Waals surface area contributed by atoms with Gasteiger partial charge in [0.1, 0.15) is 0 Å². The molecule has 98 valence electrons. The number of ether oxygens (including phenoxy) is 1. The number of hydrogen-bond acceptors (Lipinski definition) is 2. The first kappa shape index (κ1) is 15.5. The van der Waals surface area contributed by atoms with Gasteiger partial charge in [-0.1, -0.05) is 0 Å². The fourth-order valence-corrected chi connectivity index (χ4v) is 3.95. The average Bonchev–Trinajstić information content (AvgIpc) is 2.61. The summed E-state index contributed by atoms with van der Waals surface area (Å²) in [6.07, 6.45) is 0.157. The number of benzene rings is 1. The van der Waals surface area contributed by atoms with E-state index in [1.54, 1.807) is 7.11 Å². The molecule has 0 bridgehead atoms. The van der Waals surface area contributed by atoms with E-state index in [1.807, 2.05) is 12.1 Å². The van der Waals surface area contributed by atoms with E-state index in [0.717, 1.165) is 11.3 Å². The van der Waals surface area contributed by atoms with Gasteiger partial charge in [0.15, 0.2) is 0 Å². The van der Waals surface area contributed by atoms with Crippen molar-refractivity contribution in [1.82, 2.24) is 0 Å². The molecule has 1 aromatic carbocycles. The molecule has 0 fully saturated rings. The average molecular weight is 426 g/mol. The van der Waals surface area contributed by atoms with Gasteiger partial charge in [0.05, 0.1) is 0 Å². The van der Waals surface area contributed by atoms with Gasteiger partial charge in [-0.3, -0.25) is 0 Å². The van der Waals surface area contributed by atoms with Crippen LogP contribution in [0.4, 0.5) is 0 Å². The number of aromatic nitrogens is 1. The normalized spacial score (nSPS) is 10.1. The monoisotopic (exact) mass is 427 g/mol. The van der Waals surface area contributed by atoms with Crippen LogP contribution in [-0.2, 0) is 11.3 Å². The van der Waals surface area contributed by atoms with Crippen molar-refractivity contribution >= 4 is 30.2 Å². The summed E-state index contributed by atoms with van der Waals surface area (Å²) in [6.45, 7) is 2.59. The Kier molecular flexibility index (Phi) is 5.62. The van der Waals surface area contributed by atoms with E-state index in [0.29, 0.717) is 21.0 Å². The summed E-state index contributed by atoms with van der Waals surface area (Å²) >= 11 is 0.306. The third kappa shape index (κ3) is 3.24. The van der Waals surface area contributed by atoms with Crippen LogP contribution in [0.25, 0.3) is 9.78 Å². The molecule has 18 heavy (non-hydrogen) atoms. The maximum absolute atomic E-state index is 10.6. The Morgan fingerprint density at radius 2 is 2.22 bits per heavy atom. The summed E-state index contributed by atoms with van der Waals surface area (Å²) in [5.41, 5.74) is 1.10. The number of carboxylic acid groups (broad SMARTS) is 1. The Balaban J connectivity index is 0.00000162. The van der Waals surface area contributed by atoms with Gasteiger partial charge in [-0.15, -0.1) is 0 Å². The first-order valence-electron chi connectivity index (χ1n) is 5.30. The van der Waals surface area contributed by atoms with Crippen molar-refractivity contribution in [3.05, 3.63) is 22.8 Å². The van der Waals surface area contributed by atoms with Crippen molar-refractivity contribution in [3.63, 3.8) is 0 Å². The first-order chi connectivity index (χ1) is 8.11. The number of aryl methyl sites for hydroxylation is 2. The maximum atomic E-state index is 10.6. The Labute approximate surface area is 128 Å². The van der Waals surface area contributed by atoms with E-state index in [1.165, 1.54) is 8.83 Å². The molecule has 0 radical (unpaired) electrons. The van der Waals surface area contributed by atoms with Crippen LogP contribution < -0.4 is 33.3 Å². The van der Waals surface area contributed by atoms with Crippen molar-refractivity contribution in [2.24, 2.45) is 0 Å². The predicted octanol–water partition coefficient (Wildman–Crippen LogP) is -2.02. The van der Waals surface area contributed by atoms with Gasteiger partial charge in [0.25, 0.3) is 0 Å².